The second-order valence-electron chi connectivity index (χ2n) is 2.05. The minimum absolute atomic E-state index is 0.156. The molecule has 8 heavy (non-hydrogen) atoms. The van der Waals surface area contributed by atoms with E-state index in [9.17, 15) is 4.79 Å². The molecule has 3 N–H and O–H groups in total. The molecule has 0 bridgehead atoms. The van der Waals surface area contributed by atoms with Gasteiger partial charge in [-0.25, -0.2) is 0 Å². The van der Waals surface area contributed by atoms with Crippen LogP contribution in [0.25, 0.3) is 0 Å². The first-order valence-corrected chi connectivity index (χ1v) is 2.82. The molecule has 1 rings (SSSR count). The number of carbonyl (C=O) groups excluding carboxylic acids is 1. The minimum Gasteiger partial charge on any atom is -0.353 e. The zero-order valence-corrected chi connectivity index (χ0v) is 4.68. The second-order valence-corrected chi connectivity index (χ2v) is 2.05. The highest BCUT2D eigenvalue weighted by Gasteiger charge is 2.23. The van der Waals surface area contributed by atoms with E-state index in [1.54, 1.807) is 0 Å². The Morgan fingerprint density at radius 2 is 2.50 bits per heavy atom. The highest BCUT2D eigenvalue weighted by molar-refractivity contribution is 5.82. The first-order chi connectivity index (χ1) is 3.83. The van der Waals surface area contributed by atoms with Crippen molar-refractivity contribution < 1.29 is 4.79 Å². The fourth-order valence-corrected chi connectivity index (χ4v) is 0.806. The third kappa shape index (κ3) is 0.980. The van der Waals surface area contributed by atoms with Crippen molar-refractivity contribution in [1.82, 2.24) is 5.32 Å². The molecule has 0 radical (unpaired) electrons. The van der Waals surface area contributed by atoms with Crippen LogP contribution in [-0.2, 0) is 4.79 Å². The van der Waals surface area contributed by atoms with Gasteiger partial charge >= 0.3 is 0 Å². The predicted molar refractivity (Wildman–Crippen MR) is 30.2 cm³/mol. The summed E-state index contributed by atoms with van der Waals surface area (Å²) in [6.07, 6.45) is 1.60. The molecular formula is C5H10N2O. The van der Waals surface area contributed by atoms with Gasteiger partial charge < -0.3 is 11.1 Å². The molecule has 1 fully saturated rings. The molecule has 1 aliphatic heterocycles. The van der Waals surface area contributed by atoms with Gasteiger partial charge in [0.1, 0.15) is 0 Å². The van der Waals surface area contributed by atoms with Gasteiger partial charge in [-0.05, 0) is 13.0 Å². The molecule has 3 heteroatoms. The van der Waals surface area contributed by atoms with Crippen LogP contribution in [0.15, 0.2) is 0 Å². The predicted octanol–water partition coefficient (Wildman–Crippen LogP) is -0.776. The fraction of sp³-hybridized carbons (Fsp3) is 0.800. The van der Waals surface area contributed by atoms with Gasteiger partial charge in [-0.1, -0.05) is 0 Å². The van der Waals surface area contributed by atoms with E-state index in [1.807, 2.05) is 0 Å². The Morgan fingerprint density at radius 1 is 1.88 bits per heavy atom. The summed E-state index contributed by atoms with van der Waals surface area (Å²) in [5.41, 5.74) is 5.23. The lowest BCUT2D eigenvalue weighted by Crippen LogP contribution is -2.49. The van der Waals surface area contributed by atoms with E-state index in [0.29, 0.717) is 19.0 Å². The summed E-state index contributed by atoms with van der Waals surface area (Å²) in [7, 11) is 0. The van der Waals surface area contributed by atoms with Crippen LogP contribution >= 0.6 is 0 Å². The summed E-state index contributed by atoms with van der Waals surface area (Å²) in [4.78, 5) is 10.2. The third-order valence-electron chi connectivity index (χ3n) is 1.31. The van der Waals surface area contributed by atoms with Crippen LogP contribution in [0.5, 0.6) is 0 Å². The molecule has 0 aliphatic carbocycles. The van der Waals surface area contributed by atoms with E-state index >= 15 is 0 Å². The molecule has 1 saturated heterocycles. The Bertz CT molecular complexity index is 94.6. The van der Waals surface area contributed by atoms with Gasteiger partial charge in [-0.3, -0.25) is 4.79 Å². The standard InChI is InChI=1S/C5H10N2O/c6-2-1-4-3-5(8)7-4/h4H,1-3,6H2,(H,7,8). The summed E-state index contributed by atoms with van der Waals surface area (Å²) in [5.74, 6) is 0.156. The number of carbonyl (C=O) groups is 1. The van der Waals surface area contributed by atoms with Crippen molar-refractivity contribution in [3.8, 4) is 0 Å². The Kier molecular flexibility index (Phi) is 1.48. The molecule has 3 nitrogen and oxygen atoms in total. The zero-order chi connectivity index (χ0) is 5.98. The first-order valence-electron chi connectivity index (χ1n) is 2.82. The highest BCUT2D eigenvalue weighted by Crippen LogP contribution is 2.05. The first kappa shape index (κ1) is 5.56. The zero-order valence-electron chi connectivity index (χ0n) is 4.68. The summed E-state index contributed by atoms with van der Waals surface area (Å²) >= 11 is 0. The smallest absolute Gasteiger partial charge is 0.222 e. The van der Waals surface area contributed by atoms with Crippen molar-refractivity contribution in [2.45, 2.75) is 18.9 Å². The van der Waals surface area contributed by atoms with Gasteiger partial charge in [0, 0.05) is 12.5 Å². The molecule has 1 aliphatic rings. The van der Waals surface area contributed by atoms with Crippen molar-refractivity contribution >= 4 is 5.91 Å². The monoisotopic (exact) mass is 114 g/mol. The van der Waals surface area contributed by atoms with E-state index < -0.39 is 0 Å². The van der Waals surface area contributed by atoms with Crippen LogP contribution in [0.1, 0.15) is 12.8 Å². The molecule has 0 aromatic rings. The van der Waals surface area contributed by atoms with E-state index in [2.05, 4.69) is 5.32 Å². The second kappa shape index (κ2) is 2.13. The van der Waals surface area contributed by atoms with Crippen LogP contribution in [-0.4, -0.2) is 18.5 Å². The average molecular weight is 114 g/mol. The highest BCUT2D eigenvalue weighted by atomic mass is 16.2. The molecule has 46 valence electrons. The van der Waals surface area contributed by atoms with Crippen molar-refractivity contribution in [3.05, 3.63) is 0 Å². The molecule has 0 aromatic heterocycles. The normalized spacial score (nSPS) is 26.6. The van der Waals surface area contributed by atoms with Crippen LogP contribution < -0.4 is 11.1 Å². The maximum atomic E-state index is 10.2. The van der Waals surface area contributed by atoms with Gasteiger partial charge in [0.25, 0.3) is 0 Å². The molecule has 1 heterocycles. The van der Waals surface area contributed by atoms with Gasteiger partial charge in [0.2, 0.25) is 5.91 Å². The number of hydrogen-bond acceptors (Lipinski definition) is 2. The maximum Gasteiger partial charge on any atom is 0.222 e. The van der Waals surface area contributed by atoms with Gasteiger partial charge in [-0.15, -0.1) is 0 Å². The van der Waals surface area contributed by atoms with E-state index in [1.165, 1.54) is 0 Å². The van der Waals surface area contributed by atoms with E-state index in [4.69, 9.17) is 5.73 Å². The van der Waals surface area contributed by atoms with Crippen LogP contribution in [0, 0.1) is 0 Å². The quantitative estimate of drug-likeness (QED) is 0.463. The van der Waals surface area contributed by atoms with E-state index in [-0.39, 0.29) is 5.91 Å². The third-order valence-corrected chi connectivity index (χ3v) is 1.31. The number of hydrogen-bond donors (Lipinski definition) is 2. The Labute approximate surface area is 48.2 Å². The number of rotatable bonds is 2. The van der Waals surface area contributed by atoms with Crippen LogP contribution in [0.4, 0.5) is 0 Å². The number of nitrogens with one attached hydrogen (secondary N) is 1. The molecule has 0 spiro atoms. The topological polar surface area (TPSA) is 55.1 Å². The minimum atomic E-state index is 0.156. The lowest BCUT2D eigenvalue weighted by Gasteiger charge is -2.25. The Balaban J connectivity index is 2.06. The Hall–Kier alpha value is -0.570. The van der Waals surface area contributed by atoms with Crippen LogP contribution in [0.2, 0.25) is 0 Å². The lowest BCUT2D eigenvalue weighted by atomic mass is 10.0. The van der Waals surface area contributed by atoms with E-state index in [0.717, 1.165) is 6.42 Å². The SMILES string of the molecule is NCCC1CC(=O)N1. The molecule has 1 amide bonds. The van der Waals surface area contributed by atoms with Crippen molar-refractivity contribution in [3.63, 3.8) is 0 Å². The maximum absolute atomic E-state index is 10.2. The molecule has 0 aromatic carbocycles. The molecule has 1 atom stereocenters. The van der Waals surface area contributed by atoms with Crippen molar-refractivity contribution in [1.29, 1.82) is 0 Å². The summed E-state index contributed by atoms with van der Waals surface area (Å²) < 4.78 is 0. The number of β-lactam (4-membered cyclic amide) rings is 1. The Morgan fingerprint density at radius 3 is 2.88 bits per heavy atom. The molecular weight excluding hydrogens is 104 g/mol. The number of amides is 1. The fourth-order valence-electron chi connectivity index (χ4n) is 0.806. The van der Waals surface area contributed by atoms with Crippen molar-refractivity contribution in [2.75, 3.05) is 6.54 Å². The van der Waals surface area contributed by atoms with Crippen LogP contribution in [0.3, 0.4) is 0 Å². The summed E-state index contributed by atoms with van der Waals surface area (Å²) in [6.45, 7) is 0.672. The largest absolute Gasteiger partial charge is 0.353 e. The summed E-state index contributed by atoms with van der Waals surface area (Å²) in [5, 5.41) is 2.72. The number of nitrogens with two attached hydrogens (primary N) is 1. The van der Waals surface area contributed by atoms with Crippen molar-refractivity contribution in [2.24, 2.45) is 5.73 Å². The molecule has 1 unspecified atom stereocenters. The van der Waals surface area contributed by atoms with Gasteiger partial charge in [-0.2, -0.15) is 0 Å². The summed E-state index contributed by atoms with van der Waals surface area (Å²) in [6, 6.07) is 0.382. The van der Waals surface area contributed by atoms with Gasteiger partial charge in [0.05, 0.1) is 0 Å². The van der Waals surface area contributed by atoms with Gasteiger partial charge in [0.15, 0.2) is 0 Å². The average Bonchev–Trinajstić information content (AvgIpc) is 1.64. The lowest BCUT2D eigenvalue weighted by molar-refractivity contribution is -0.128. The molecule has 0 saturated carbocycles.